The van der Waals surface area contributed by atoms with Crippen molar-refractivity contribution < 1.29 is 0 Å². The van der Waals surface area contributed by atoms with Crippen LogP contribution in [0.25, 0.3) is 0 Å². The van der Waals surface area contributed by atoms with E-state index < -0.39 is 0 Å². The second kappa shape index (κ2) is 3.17. The first-order valence-corrected chi connectivity index (χ1v) is 4.48. The molecule has 68 valence electrons. The molecule has 1 aliphatic rings. The van der Waals surface area contributed by atoms with Crippen LogP contribution in [0.3, 0.4) is 0 Å². The third-order valence-electron chi connectivity index (χ3n) is 2.23. The van der Waals surface area contributed by atoms with Gasteiger partial charge in [0.05, 0.1) is 6.54 Å². The summed E-state index contributed by atoms with van der Waals surface area (Å²) in [5.41, 5.74) is 1.24. The molecule has 2 rings (SSSR count). The van der Waals surface area contributed by atoms with Crippen LogP contribution in [0.5, 0.6) is 0 Å². The molecule has 13 heavy (non-hydrogen) atoms. The van der Waals surface area contributed by atoms with Gasteiger partial charge in [0.1, 0.15) is 11.7 Å². The number of hydrogen-bond acceptors (Lipinski definition) is 3. The third-order valence-corrected chi connectivity index (χ3v) is 2.23. The normalized spacial score (nSPS) is 16.2. The molecule has 3 nitrogen and oxygen atoms in total. The van der Waals surface area contributed by atoms with Crippen LogP contribution in [0.2, 0.25) is 0 Å². The molecule has 1 aromatic rings. The highest BCUT2D eigenvalue weighted by molar-refractivity contribution is 5.96. The van der Waals surface area contributed by atoms with Crippen molar-refractivity contribution in [2.45, 2.75) is 13.8 Å². The van der Waals surface area contributed by atoms with Crippen molar-refractivity contribution in [2.75, 3.05) is 18.0 Å². The maximum Gasteiger partial charge on any atom is 0.134 e. The van der Waals surface area contributed by atoms with E-state index in [0.717, 1.165) is 24.7 Å². The molecule has 0 aromatic carbocycles. The second-order valence-electron chi connectivity index (χ2n) is 3.27. The molecule has 0 atom stereocenters. The molecule has 0 aliphatic carbocycles. The first-order valence-electron chi connectivity index (χ1n) is 4.48. The Morgan fingerprint density at radius 1 is 1.38 bits per heavy atom. The Morgan fingerprint density at radius 3 is 2.85 bits per heavy atom. The minimum Gasteiger partial charge on any atom is -0.313 e. The van der Waals surface area contributed by atoms with E-state index in [1.807, 2.05) is 19.2 Å². The van der Waals surface area contributed by atoms with E-state index in [-0.39, 0.29) is 0 Å². The van der Waals surface area contributed by atoms with Crippen LogP contribution in [0, 0.1) is 6.92 Å². The van der Waals surface area contributed by atoms with Crippen LogP contribution in [0.15, 0.2) is 23.3 Å². The number of pyridine rings is 1. The largest absolute Gasteiger partial charge is 0.313 e. The maximum absolute atomic E-state index is 4.33. The molecule has 0 fully saturated rings. The average Bonchev–Trinajstić information content (AvgIpc) is 2.51. The lowest BCUT2D eigenvalue weighted by Gasteiger charge is -2.16. The number of rotatable bonds is 1. The number of anilines is 1. The van der Waals surface area contributed by atoms with Gasteiger partial charge in [-0.15, -0.1) is 0 Å². The van der Waals surface area contributed by atoms with Crippen molar-refractivity contribution in [3.63, 3.8) is 0 Å². The molecule has 1 aromatic heterocycles. The zero-order valence-corrected chi connectivity index (χ0v) is 7.99. The second-order valence-corrected chi connectivity index (χ2v) is 3.27. The van der Waals surface area contributed by atoms with Gasteiger partial charge >= 0.3 is 0 Å². The summed E-state index contributed by atoms with van der Waals surface area (Å²) in [6, 6.07) is 4.09. The first-order chi connectivity index (χ1) is 6.27. The Morgan fingerprint density at radius 2 is 2.23 bits per heavy atom. The maximum atomic E-state index is 4.33. The highest BCUT2D eigenvalue weighted by Gasteiger charge is 2.14. The number of aliphatic imine (C=N–C) groups is 1. The van der Waals surface area contributed by atoms with E-state index in [0.29, 0.717) is 0 Å². The monoisotopic (exact) mass is 175 g/mol. The Balaban J connectivity index is 2.30. The summed E-state index contributed by atoms with van der Waals surface area (Å²) < 4.78 is 0. The summed E-state index contributed by atoms with van der Waals surface area (Å²) in [4.78, 5) is 10.8. The van der Waals surface area contributed by atoms with Gasteiger partial charge in [0.2, 0.25) is 0 Å². The Hall–Kier alpha value is -1.38. The van der Waals surface area contributed by atoms with Crippen LogP contribution >= 0.6 is 0 Å². The van der Waals surface area contributed by atoms with Gasteiger partial charge in [-0.25, -0.2) is 4.98 Å². The van der Waals surface area contributed by atoms with Crippen molar-refractivity contribution in [3.8, 4) is 0 Å². The van der Waals surface area contributed by atoms with Crippen molar-refractivity contribution in [3.05, 3.63) is 23.9 Å². The predicted molar refractivity (Wildman–Crippen MR) is 54.3 cm³/mol. The van der Waals surface area contributed by atoms with Gasteiger partial charge in [-0.3, -0.25) is 4.99 Å². The van der Waals surface area contributed by atoms with Gasteiger partial charge in [0.15, 0.2) is 0 Å². The van der Waals surface area contributed by atoms with Gasteiger partial charge in [-0.2, -0.15) is 0 Å². The van der Waals surface area contributed by atoms with Crippen LogP contribution in [0.1, 0.15) is 12.5 Å². The summed E-state index contributed by atoms with van der Waals surface area (Å²) in [6.07, 6.45) is 1.84. The lowest BCUT2D eigenvalue weighted by Crippen LogP contribution is -2.25. The fraction of sp³-hybridized carbons (Fsp3) is 0.400. The van der Waals surface area contributed by atoms with Crippen molar-refractivity contribution in [1.29, 1.82) is 0 Å². The topological polar surface area (TPSA) is 28.5 Å². The van der Waals surface area contributed by atoms with Crippen molar-refractivity contribution in [1.82, 2.24) is 4.98 Å². The number of hydrogen-bond donors (Lipinski definition) is 0. The van der Waals surface area contributed by atoms with Crippen LogP contribution in [0.4, 0.5) is 5.82 Å². The minimum atomic E-state index is 0.890. The standard InChI is InChI=1S/C10H13N3/c1-8-3-4-12-10(7-8)13-6-5-11-9(13)2/h3-4,7H,5-6H2,1-2H3. The molecular formula is C10H13N3. The van der Waals surface area contributed by atoms with Crippen molar-refractivity contribution >= 4 is 11.7 Å². The molecular weight excluding hydrogens is 162 g/mol. The summed E-state index contributed by atoms with van der Waals surface area (Å²) in [6.45, 7) is 5.95. The van der Waals surface area contributed by atoms with Gasteiger partial charge in [-0.1, -0.05) is 0 Å². The first kappa shape index (κ1) is 8.23. The fourth-order valence-corrected chi connectivity index (χ4v) is 1.51. The zero-order valence-electron chi connectivity index (χ0n) is 7.99. The van der Waals surface area contributed by atoms with Crippen LogP contribution in [-0.2, 0) is 0 Å². The molecule has 0 amide bonds. The Kier molecular flexibility index (Phi) is 2.00. The van der Waals surface area contributed by atoms with Crippen molar-refractivity contribution in [2.24, 2.45) is 4.99 Å². The summed E-state index contributed by atoms with van der Waals surface area (Å²) in [7, 11) is 0. The molecule has 3 heteroatoms. The zero-order chi connectivity index (χ0) is 9.26. The van der Waals surface area contributed by atoms with Crippen LogP contribution in [-0.4, -0.2) is 23.9 Å². The summed E-state index contributed by atoms with van der Waals surface area (Å²) >= 11 is 0. The molecule has 0 saturated heterocycles. The highest BCUT2D eigenvalue weighted by atomic mass is 15.3. The van der Waals surface area contributed by atoms with Gasteiger partial charge in [0, 0.05) is 12.7 Å². The molecule has 0 unspecified atom stereocenters. The van der Waals surface area contributed by atoms with Crippen LogP contribution < -0.4 is 4.90 Å². The summed E-state index contributed by atoms with van der Waals surface area (Å²) in [5.74, 6) is 2.08. The molecule has 0 spiro atoms. The Bertz CT molecular complexity index is 344. The SMILES string of the molecule is CC1=NCCN1c1cc(C)ccn1. The smallest absolute Gasteiger partial charge is 0.134 e. The minimum absolute atomic E-state index is 0.890. The van der Waals surface area contributed by atoms with E-state index >= 15 is 0 Å². The predicted octanol–water partition coefficient (Wildman–Crippen LogP) is 1.63. The molecule has 0 radical (unpaired) electrons. The number of aromatic nitrogens is 1. The van der Waals surface area contributed by atoms with E-state index in [4.69, 9.17) is 0 Å². The van der Waals surface area contributed by atoms with E-state index in [1.165, 1.54) is 5.56 Å². The van der Waals surface area contributed by atoms with E-state index in [1.54, 1.807) is 0 Å². The lowest BCUT2D eigenvalue weighted by molar-refractivity contribution is 0.996. The fourth-order valence-electron chi connectivity index (χ4n) is 1.51. The number of nitrogens with zero attached hydrogens (tertiary/aromatic N) is 3. The number of aryl methyl sites for hydroxylation is 1. The molecule has 0 saturated carbocycles. The lowest BCUT2D eigenvalue weighted by atomic mass is 10.3. The molecule has 0 N–H and O–H groups in total. The highest BCUT2D eigenvalue weighted by Crippen LogP contribution is 2.15. The van der Waals surface area contributed by atoms with Gasteiger partial charge < -0.3 is 4.90 Å². The molecule has 0 bridgehead atoms. The molecule has 2 heterocycles. The quantitative estimate of drug-likeness (QED) is 0.649. The van der Waals surface area contributed by atoms with Gasteiger partial charge in [0.25, 0.3) is 0 Å². The number of amidine groups is 1. The van der Waals surface area contributed by atoms with E-state index in [9.17, 15) is 0 Å². The van der Waals surface area contributed by atoms with Gasteiger partial charge in [-0.05, 0) is 31.5 Å². The average molecular weight is 175 g/mol. The third kappa shape index (κ3) is 1.54. The van der Waals surface area contributed by atoms with E-state index in [2.05, 4.69) is 27.9 Å². The summed E-state index contributed by atoms with van der Waals surface area (Å²) in [5, 5.41) is 0. The molecule has 1 aliphatic heterocycles. The Labute approximate surface area is 78.1 Å².